The summed E-state index contributed by atoms with van der Waals surface area (Å²) < 4.78 is 5.03. The van der Waals surface area contributed by atoms with Gasteiger partial charge in [0.2, 0.25) is 0 Å². The summed E-state index contributed by atoms with van der Waals surface area (Å²) in [7, 11) is 0. The predicted molar refractivity (Wildman–Crippen MR) is 88.4 cm³/mol. The molecular weight excluding hydrogens is 274 g/mol. The van der Waals surface area contributed by atoms with Gasteiger partial charge in [0, 0.05) is 11.6 Å². The van der Waals surface area contributed by atoms with E-state index in [1.807, 2.05) is 12.1 Å². The molecular formula is C19H23NO2. The van der Waals surface area contributed by atoms with Gasteiger partial charge >= 0.3 is 5.97 Å². The minimum atomic E-state index is -0.367. The molecule has 0 saturated carbocycles. The Morgan fingerprint density at radius 2 is 1.82 bits per heavy atom. The molecule has 1 unspecified atom stereocenters. The number of ether oxygens (including phenoxy) is 1. The summed E-state index contributed by atoms with van der Waals surface area (Å²) in [6.07, 6.45) is 0. The average molecular weight is 297 g/mol. The van der Waals surface area contributed by atoms with Crippen LogP contribution < -0.4 is 0 Å². The topological polar surface area (TPSA) is 39.2 Å². The lowest BCUT2D eigenvalue weighted by Crippen LogP contribution is -2.10. The fourth-order valence-corrected chi connectivity index (χ4v) is 3.03. The molecule has 2 rings (SSSR count). The molecule has 3 nitrogen and oxygen atoms in total. The second-order valence-electron chi connectivity index (χ2n) is 5.70. The van der Waals surface area contributed by atoms with Gasteiger partial charge in [0.1, 0.15) is 5.69 Å². The highest BCUT2D eigenvalue weighted by molar-refractivity contribution is 5.87. The van der Waals surface area contributed by atoms with Gasteiger partial charge in [-0.2, -0.15) is 0 Å². The molecule has 0 saturated heterocycles. The number of benzene rings is 1. The van der Waals surface area contributed by atoms with Gasteiger partial charge in [0.15, 0.2) is 0 Å². The van der Waals surface area contributed by atoms with Crippen LogP contribution in [0.4, 0.5) is 0 Å². The molecule has 0 spiro atoms. The van der Waals surface area contributed by atoms with E-state index in [1.165, 1.54) is 22.3 Å². The van der Waals surface area contributed by atoms with Crippen molar-refractivity contribution in [1.82, 2.24) is 4.98 Å². The number of hydrogen-bond acceptors (Lipinski definition) is 3. The summed E-state index contributed by atoms with van der Waals surface area (Å²) in [6.45, 7) is 10.6. The van der Waals surface area contributed by atoms with Crippen LogP contribution in [-0.4, -0.2) is 17.6 Å². The molecule has 1 aromatic carbocycles. The molecule has 22 heavy (non-hydrogen) atoms. The van der Waals surface area contributed by atoms with Gasteiger partial charge in [-0.25, -0.2) is 9.78 Å². The lowest BCUT2D eigenvalue weighted by Gasteiger charge is -2.18. The third-order valence-electron chi connectivity index (χ3n) is 3.87. The standard InChI is InChI=1S/C19H23NO2/c1-6-22-19(21)17-9-7-8-16(20-17)15(5)18-13(3)10-12(2)11-14(18)4/h7-11,15H,6H2,1-5H3. The van der Waals surface area contributed by atoms with Crippen molar-refractivity contribution in [2.45, 2.75) is 40.5 Å². The molecule has 0 N–H and O–H groups in total. The zero-order chi connectivity index (χ0) is 16.3. The van der Waals surface area contributed by atoms with Gasteiger partial charge in [-0.05, 0) is 56.5 Å². The highest BCUT2D eigenvalue weighted by Crippen LogP contribution is 2.29. The van der Waals surface area contributed by atoms with E-state index >= 15 is 0 Å². The van der Waals surface area contributed by atoms with E-state index in [4.69, 9.17) is 4.74 Å². The molecule has 0 radical (unpaired) electrons. The van der Waals surface area contributed by atoms with E-state index in [1.54, 1.807) is 13.0 Å². The first-order valence-electron chi connectivity index (χ1n) is 7.65. The number of pyridine rings is 1. The fraction of sp³-hybridized carbons (Fsp3) is 0.368. The monoisotopic (exact) mass is 297 g/mol. The van der Waals surface area contributed by atoms with Crippen molar-refractivity contribution >= 4 is 5.97 Å². The van der Waals surface area contributed by atoms with Crippen LogP contribution in [0.25, 0.3) is 0 Å². The lowest BCUT2D eigenvalue weighted by molar-refractivity contribution is 0.0519. The SMILES string of the molecule is CCOC(=O)c1cccc(C(C)c2c(C)cc(C)cc2C)n1. The zero-order valence-electron chi connectivity index (χ0n) is 13.9. The maximum Gasteiger partial charge on any atom is 0.356 e. The maximum atomic E-state index is 11.8. The third kappa shape index (κ3) is 3.35. The molecule has 0 bridgehead atoms. The Morgan fingerprint density at radius 1 is 1.18 bits per heavy atom. The molecule has 0 fully saturated rings. The predicted octanol–water partition coefficient (Wildman–Crippen LogP) is 4.34. The van der Waals surface area contributed by atoms with Gasteiger partial charge in [-0.15, -0.1) is 0 Å². The Bertz CT molecular complexity index is 669. The molecule has 1 atom stereocenters. The van der Waals surface area contributed by atoms with E-state index < -0.39 is 0 Å². The van der Waals surface area contributed by atoms with Gasteiger partial charge < -0.3 is 4.74 Å². The van der Waals surface area contributed by atoms with Gasteiger partial charge in [-0.3, -0.25) is 0 Å². The van der Waals surface area contributed by atoms with E-state index in [0.29, 0.717) is 12.3 Å². The van der Waals surface area contributed by atoms with Crippen LogP contribution in [-0.2, 0) is 4.74 Å². The van der Waals surface area contributed by atoms with Crippen molar-refractivity contribution in [3.05, 3.63) is 64.0 Å². The number of carbonyl (C=O) groups excluding carboxylic acids is 1. The molecule has 1 aromatic heterocycles. The summed E-state index contributed by atoms with van der Waals surface area (Å²) in [5.41, 5.74) is 6.31. The van der Waals surface area contributed by atoms with Crippen LogP contribution in [0.15, 0.2) is 30.3 Å². The number of nitrogens with zero attached hydrogens (tertiary/aromatic N) is 1. The molecule has 0 aliphatic heterocycles. The lowest BCUT2D eigenvalue weighted by atomic mass is 9.88. The van der Waals surface area contributed by atoms with Crippen molar-refractivity contribution in [1.29, 1.82) is 0 Å². The first-order valence-corrected chi connectivity index (χ1v) is 7.65. The van der Waals surface area contributed by atoms with Crippen LogP contribution in [0.3, 0.4) is 0 Å². The van der Waals surface area contributed by atoms with Crippen molar-refractivity contribution < 1.29 is 9.53 Å². The highest BCUT2D eigenvalue weighted by atomic mass is 16.5. The average Bonchev–Trinajstić information content (AvgIpc) is 2.46. The van der Waals surface area contributed by atoms with Crippen LogP contribution in [0.1, 0.15) is 58.2 Å². The minimum Gasteiger partial charge on any atom is -0.461 e. The third-order valence-corrected chi connectivity index (χ3v) is 3.87. The number of esters is 1. The van der Waals surface area contributed by atoms with Crippen LogP contribution in [0, 0.1) is 20.8 Å². The molecule has 0 aliphatic carbocycles. The number of rotatable bonds is 4. The van der Waals surface area contributed by atoms with Crippen LogP contribution >= 0.6 is 0 Å². The molecule has 0 amide bonds. The largest absolute Gasteiger partial charge is 0.461 e. The Kier molecular flexibility index (Phi) is 4.96. The quantitative estimate of drug-likeness (QED) is 0.788. The number of aryl methyl sites for hydroxylation is 3. The fourth-order valence-electron chi connectivity index (χ4n) is 3.03. The molecule has 116 valence electrons. The highest BCUT2D eigenvalue weighted by Gasteiger charge is 2.17. The number of aromatic nitrogens is 1. The Hall–Kier alpha value is -2.16. The summed E-state index contributed by atoms with van der Waals surface area (Å²) in [4.78, 5) is 16.3. The van der Waals surface area contributed by atoms with Crippen LogP contribution in [0.2, 0.25) is 0 Å². The van der Waals surface area contributed by atoms with Crippen molar-refractivity contribution in [2.24, 2.45) is 0 Å². The zero-order valence-corrected chi connectivity index (χ0v) is 13.9. The maximum absolute atomic E-state index is 11.8. The first kappa shape index (κ1) is 16.2. The summed E-state index contributed by atoms with van der Waals surface area (Å²) in [5, 5.41) is 0. The van der Waals surface area contributed by atoms with Gasteiger partial charge in [0.05, 0.1) is 6.61 Å². The Morgan fingerprint density at radius 3 is 2.41 bits per heavy atom. The summed E-state index contributed by atoms with van der Waals surface area (Å²) in [6, 6.07) is 9.90. The molecule has 3 heteroatoms. The van der Waals surface area contributed by atoms with Crippen molar-refractivity contribution in [3.63, 3.8) is 0 Å². The van der Waals surface area contributed by atoms with Crippen LogP contribution in [0.5, 0.6) is 0 Å². The summed E-state index contributed by atoms with van der Waals surface area (Å²) >= 11 is 0. The Labute approximate surface area is 132 Å². The van der Waals surface area contributed by atoms with E-state index in [2.05, 4.69) is 44.8 Å². The van der Waals surface area contributed by atoms with Gasteiger partial charge in [0.25, 0.3) is 0 Å². The second-order valence-corrected chi connectivity index (χ2v) is 5.70. The smallest absolute Gasteiger partial charge is 0.356 e. The Balaban J connectivity index is 2.40. The first-order chi connectivity index (χ1) is 10.4. The van der Waals surface area contributed by atoms with Gasteiger partial charge in [-0.1, -0.05) is 30.7 Å². The second kappa shape index (κ2) is 6.73. The van der Waals surface area contributed by atoms with Crippen molar-refractivity contribution in [2.75, 3.05) is 6.61 Å². The number of carbonyl (C=O) groups is 1. The van der Waals surface area contributed by atoms with Crippen molar-refractivity contribution in [3.8, 4) is 0 Å². The normalized spacial score (nSPS) is 12.0. The number of hydrogen-bond donors (Lipinski definition) is 0. The van der Waals surface area contributed by atoms with E-state index in [-0.39, 0.29) is 11.9 Å². The molecule has 0 aliphatic rings. The molecule has 2 aromatic rings. The van der Waals surface area contributed by atoms with E-state index in [9.17, 15) is 4.79 Å². The van der Waals surface area contributed by atoms with E-state index in [0.717, 1.165) is 5.69 Å². The minimum absolute atomic E-state index is 0.134. The molecule has 1 heterocycles. The summed E-state index contributed by atoms with van der Waals surface area (Å²) in [5.74, 6) is -0.233.